The van der Waals surface area contributed by atoms with Crippen molar-refractivity contribution in [3.8, 4) is 0 Å². The third-order valence-electron chi connectivity index (χ3n) is 3.76. The Kier molecular flexibility index (Phi) is 2.28. The van der Waals surface area contributed by atoms with Crippen LogP contribution in [0.25, 0.3) is 0 Å². The molecule has 1 saturated carbocycles. The summed E-state index contributed by atoms with van der Waals surface area (Å²) in [5.41, 5.74) is 0.530. The lowest BCUT2D eigenvalue weighted by Crippen LogP contribution is -2.37. The smallest absolute Gasteiger partial charge is 0.253 e. The standard InChI is InChI=1S/C14H16N2O/c1-10-7-8-14(9-10)13(17)15-12(16-14)11-5-3-2-4-6-11/h2-6,10H,7-9H2,1H3,(H,15,16,17). The van der Waals surface area contributed by atoms with Gasteiger partial charge in [0.2, 0.25) is 0 Å². The molecule has 1 amide bonds. The largest absolute Gasteiger partial charge is 0.308 e. The van der Waals surface area contributed by atoms with Gasteiger partial charge in [-0.2, -0.15) is 0 Å². The zero-order chi connectivity index (χ0) is 11.9. The van der Waals surface area contributed by atoms with Gasteiger partial charge in [-0.1, -0.05) is 37.3 Å². The zero-order valence-electron chi connectivity index (χ0n) is 9.94. The molecule has 2 aliphatic rings. The normalized spacial score (nSPS) is 31.7. The van der Waals surface area contributed by atoms with Gasteiger partial charge in [-0.25, -0.2) is 0 Å². The summed E-state index contributed by atoms with van der Waals surface area (Å²) in [6.45, 7) is 2.19. The fraction of sp³-hybridized carbons (Fsp3) is 0.429. The molecular weight excluding hydrogens is 212 g/mol. The molecule has 3 rings (SSSR count). The molecule has 3 heteroatoms. The summed E-state index contributed by atoms with van der Waals surface area (Å²) in [6, 6.07) is 9.86. The minimum atomic E-state index is -0.468. The van der Waals surface area contributed by atoms with Crippen LogP contribution in [0.15, 0.2) is 35.3 Å². The van der Waals surface area contributed by atoms with E-state index in [9.17, 15) is 4.79 Å². The summed E-state index contributed by atoms with van der Waals surface area (Å²) in [7, 11) is 0. The molecule has 0 aromatic heterocycles. The molecule has 2 atom stereocenters. The van der Waals surface area contributed by atoms with E-state index in [2.05, 4.69) is 17.2 Å². The second-order valence-corrected chi connectivity index (χ2v) is 5.16. The maximum atomic E-state index is 12.1. The van der Waals surface area contributed by atoms with Crippen molar-refractivity contribution in [2.45, 2.75) is 31.7 Å². The lowest BCUT2D eigenvalue weighted by molar-refractivity contribution is -0.123. The van der Waals surface area contributed by atoms with Crippen LogP contribution in [0, 0.1) is 5.92 Å². The van der Waals surface area contributed by atoms with Gasteiger partial charge < -0.3 is 5.32 Å². The van der Waals surface area contributed by atoms with Gasteiger partial charge in [0.15, 0.2) is 0 Å². The Hall–Kier alpha value is -1.64. The van der Waals surface area contributed by atoms with Crippen LogP contribution in [0.2, 0.25) is 0 Å². The zero-order valence-corrected chi connectivity index (χ0v) is 9.94. The minimum absolute atomic E-state index is 0.0840. The highest BCUT2D eigenvalue weighted by Gasteiger charge is 2.47. The van der Waals surface area contributed by atoms with Crippen molar-refractivity contribution in [3.05, 3.63) is 35.9 Å². The van der Waals surface area contributed by atoms with Gasteiger partial charge in [0, 0.05) is 5.56 Å². The molecule has 17 heavy (non-hydrogen) atoms. The molecule has 1 N–H and O–H groups in total. The van der Waals surface area contributed by atoms with E-state index in [1.54, 1.807) is 0 Å². The predicted octanol–water partition coefficient (Wildman–Crippen LogP) is 2.12. The van der Waals surface area contributed by atoms with Crippen molar-refractivity contribution in [3.63, 3.8) is 0 Å². The molecule has 1 spiro atoms. The van der Waals surface area contributed by atoms with Crippen LogP contribution in [0.1, 0.15) is 31.7 Å². The number of amidine groups is 1. The van der Waals surface area contributed by atoms with Gasteiger partial charge in [0.1, 0.15) is 11.4 Å². The molecule has 1 aromatic carbocycles. The first-order valence-electron chi connectivity index (χ1n) is 6.16. The molecule has 1 aliphatic heterocycles. The number of amides is 1. The Labute approximate surface area is 101 Å². The van der Waals surface area contributed by atoms with Crippen LogP contribution >= 0.6 is 0 Å². The van der Waals surface area contributed by atoms with Crippen LogP contribution < -0.4 is 5.32 Å². The Morgan fingerprint density at radius 3 is 2.76 bits per heavy atom. The third kappa shape index (κ3) is 1.66. The van der Waals surface area contributed by atoms with E-state index in [4.69, 9.17) is 0 Å². The SMILES string of the molecule is CC1CCC2(C1)N=C(c1ccccc1)NC2=O. The Morgan fingerprint density at radius 2 is 2.12 bits per heavy atom. The van der Waals surface area contributed by atoms with Crippen LogP contribution in [0.5, 0.6) is 0 Å². The summed E-state index contributed by atoms with van der Waals surface area (Å²) < 4.78 is 0. The molecule has 0 saturated heterocycles. The topological polar surface area (TPSA) is 41.5 Å². The van der Waals surface area contributed by atoms with Crippen LogP contribution in [-0.2, 0) is 4.79 Å². The van der Waals surface area contributed by atoms with Crippen LogP contribution in [-0.4, -0.2) is 17.3 Å². The van der Waals surface area contributed by atoms with Crippen LogP contribution in [0.4, 0.5) is 0 Å². The Morgan fingerprint density at radius 1 is 1.35 bits per heavy atom. The van der Waals surface area contributed by atoms with Gasteiger partial charge in [-0.05, 0) is 25.2 Å². The van der Waals surface area contributed by atoms with E-state index in [1.165, 1.54) is 0 Å². The molecular formula is C14H16N2O. The number of hydrogen-bond donors (Lipinski definition) is 1. The van der Waals surface area contributed by atoms with Gasteiger partial charge >= 0.3 is 0 Å². The average molecular weight is 228 g/mol. The second-order valence-electron chi connectivity index (χ2n) is 5.16. The summed E-state index contributed by atoms with van der Waals surface area (Å²) in [5.74, 6) is 1.42. The molecule has 1 fully saturated rings. The number of aliphatic imine (C=N–C) groups is 1. The molecule has 1 heterocycles. The fourth-order valence-electron chi connectivity index (χ4n) is 2.82. The van der Waals surface area contributed by atoms with Crippen molar-refractivity contribution in [2.24, 2.45) is 10.9 Å². The quantitative estimate of drug-likeness (QED) is 0.786. The first kappa shape index (κ1) is 10.5. The average Bonchev–Trinajstić information content (AvgIpc) is 2.86. The van der Waals surface area contributed by atoms with E-state index < -0.39 is 5.54 Å². The van der Waals surface area contributed by atoms with Gasteiger partial charge in [0.05, 0.1) is 0 Å². The van der Waals surface area contributed by atoms with Crippen molar-refractivity contribution in [2.75, 3.05) is 0 Å². The fourth-order valence-corrected chi connectivity index (χ4v) is 2.82. The third-order valence-corrected chi connectivity index (χ3v) is 3.76. The molecule has 3 nitrogen and oxygen atoms in total. The van der Waals surface area contributed by atoms with E-state index in [-0.39, 0.29) is 5.91 Å². The summed E-state index contributed by atoms with van der Waals surface area (Å²) in [4.78, 5) is 16.8. The van der Waals surface area contributed by atoms with E-state index in [0.717, 1.165) is 30.7 Å². The Bertz CT molecular complexity index is 480. The molecule has 1 aliphatic carbocycles. The predicted molar refractivity (Wildman–Crippen MR) is 66.9 cm³/mol. The maximum absolute atomic E-state index is 12.1. The number of nitrogens with zero attached hydrogens (tertiary/aromatic N) is 1. The van der Waals surface area contributed by atoms with Gasteiger partial charge in [-0.15, -0.1) is 0 Å². The lowest BCUT2D eigenvalue weighted by atomic mass is 9.97. The Balaban J connectivity index is 1.95. The van der Waals surface area contributed by atoms with E-state index >= 15 is 0 Å². The first-order valence-corrected chi connectivity index (χ1v) is 6.16. The van der Waals surface area contributed by atoms with Crippen molar-refractivity contribution < 1.29 is 4.79 Å². The molecule has 0 bridgehead atoms. The van der Waals surface area contributed by atoms with Gasteiger partial charge in [-0.3, -0.25) is 9.79 Å². The first-order chi connectivity index (χ1) is 8.20. The second kappa shape index (κ2) is 3.69. The highest BCUT2D eigenvalue weighted by atomic mass is 16.2. The molecule has 1 aromatic rings. The number of nitrogens with one attached hydrogen (secondary N) is 1. The number of rotatable bonds is 1. The number of carbonyl (C=O) groups excluding carboxylic acids is 1. The van der Waals surface area contributed by atoms with Crippen LogP contribution in [0.3, 0.4) is 0 Å². The summed E-state index contributed by atoms with van der Waals surface area (Å²) in [6.07, 6.45) is 2.87. The van der Waals surface area contributed by atoms with Crippen molar-refractivity contribution in [1.29, 1.82) is 0 Å². The highest BCUT2D eigenvalue weighted by Crippen LogP contribution is 2.39. The van der Waals surface area contributed by atoms with Gasteiger partial charge in [0.25, 0.3) is 5.91 Å². The summed E-state index contributed by atoms with van der Waals surface area (Å²) in [5, 5.41) is 2.93. The van der Waals surface area contributed by atoms with E-state index in [1.807, 2.05) is 30.3 Å². The lowest BCUT2D eigenvalue weighted by Gasteiger charge is -2.15. The number of hydrogen-bond acceptors (Lipinski definition) is 2. The highest BCUT2D eigenvalue weighted by molar-refractivity contribution is 6.15. The number of carbonyl (C=O) groups is 1. The van der Waals surface area contributed by atoms with Crippen molar-refractivity contribution in [1.82, 2.24) is 5.32 Å². The minimum Gasteiger partial charge on any atom is -0.308 e. The molecule has 88 valence electrons. The molecule has 0 radical (unpaired) electrons. The maximum Gasteiger partial charge on any atom is 0.253 e. The van der Waals surface area contributed by atoms with Crippen molar-refractivity contribution >= 4 is 11.7 Å². The summed E-state index contributed by atoms with van der Waals surface area (Å²) >= 11 is 0. The number of benzene rings is 1. The van der Waals surface area contributed by atoms with E-state index in [0.29, 0.717) is 5.92 Å². The molecule has 2 unspecified atom stereocenters. The monoisotopic (exact) mass is 228 g/mol.